The minimum atomic E-state index is -1.62. The molecule has 1 fully saturated rings. The Labute approximate surface area is 189 Å². The Bertz CT molecular complexity index is 1080. The highest BCUT2D eigenvalue weighted by Gasteiger charge is 2.44. The number of benzene rings is 1. The molecule has 2 heterocycles. The van der Waals surface area contributed by atoms with Gasteiger partial charge in [0.05, 0.1) is 17.6 Å². The Morgan fingerprint density at radius 2 is 1.97 bits per heavy atom. The minimum absolute atomic E-state index is 0.0132. The van der Waals surface area contributed by atoms with E-state index in [-0.39, 0.29) is 24.5 Å². The predicted molar refractivity (Wildman–Crippen MR) is 112 cm³/mol. The van der Waals surface area contributed by atoms with Crippen molar-refractivity contribution in [2.24, 2.45) is 0 Å². The number of aliphatic hydroxyl groups is 4. The Kier molecular flexibility index (Phi) is 7.73. The monoisotopic (exact) mass is 513 g/mol. The van der Waals surface area contributed by atoms with Crippen molar-refractivity contribution in [1.82, 2.24) is 5.32 Å². The van der Waals surface area contributed by atoms with Gasteiger partial charge in [0.1, 0.15) is 42.4 Å². The molecule has 1 aromatic carbocycles. The summed E-state index contributed by atoms with van der Waals surface area (Å²) >= 11 is 3.30. The van der Waals surface area contributed by atoms with E-state index >= 15 is 0 Å². The van der Waals surface area contributed by atoms with Crippen LogP contribution in [-0.2, 0) is 16.1 Å². The van der Waals surface area contributed by atoms with Crippen molar-refractivity contribution in [1.29, 1.82) is 0 Å². The third kappa shape index (κ3) is 5.21. The fraction of sp³-hybridized carbons (Fsp3) is 0.400. The molecule has 1 aliphatic heterocycles. The predicted octanol–water partition coefficient (Wildman–Crippen LogP) is -0.406. The van der Waals surface area contributed by atoms with Crippen LogP contribution in [0.3, 0.4) is 0 Å². The van der Waals surface area contributed by atoms with Crippen LogP contribution in [0, 0.1) is 12.3 Å². The third-order valence-electron chi connectivity index (χ3n) is 4.67. The van der Waals surface area contributed by atoms with Gasteiger partial charge < -0.3 is 44.4 Å². The summed E-state index contributed by atoms with van der Waals surface area (Å²) < 4.78 is 21.5. The number of amides is 1. The number of hydrogen-bond donors (Lipinski definition) is 5. The molecule has 1 aromatic heterocycles. The summed E-state index contributed by atoms with van der Waals surface area (Å²) in [6.45, 7) is -0.866. The lowest BCUT2D eigenvalue weighted by atomic mass is 9.99. The first-order valence-corrected chi connectivity index (χ1v) is 10.1. The van der Waals surface area contributed by atoms with Gasteiger partial charge in [0.25, 0.3) is 0 Å². The topological polar surface area (TPSA) is 168 Å². The number of nitrogens with one attached hydrogen (secondary N) is 1. The van der Waals surface area contributed by atoms with Gasteiger partial charge in [-0.1, -0.05) is 5.92 Å². The fourth-order valence-electron chi connectivity index (χ4n) is 3.05. The Balaban J connectivity index is 1.86. The van der Waals surface area contributed by atoms with E-state index in [9.17, 15) is 30.0 Å². The normalized spacial score (nSPS) is 25.2. The van der Waals surface area contributed by atoms with Gasteiger partial charge in [-0.2, -0.15) is 0 Å². The number of halogens is 1. The molecule has 0 saturated carbocycles. The number of carbonyl (C=O) groups is 1. The van der Waals surface area contributed by atoms with Crippen LogP contribution in [0.25, 0.3) is 11.0 Å². The van der Waals surface area contributed by atoms with Crippen molar-refractivity contribution in [3.63, 3.8) is 0 Å². The number of fused-ring (bicyclic) bond motifs is 1. The zero-order chi connectivity index (χ0) is 23.4. The zero-order valence-corrected chi connectivity index (χ0v) is 18.0. The average Bonchev–Trinajstić information content (AvgIpc) is 2.77. The Hall–Kier alpha value is -2.66. The number of carbonyl (C=O) groups excluding carboxylic acids is 1. The number of alkyl carbamates (subject to hydrolysis) is 1. The van der Waals surface area contributed by atoms with Crippen molar-refractivity contribution in [3.8, 4) is 18.1 Å². The number of hydrogen-bond acceptors (Lipinski definition) is 10. The van der Waals surface area contributed by atoms with Crippen molar-refractivity contribution in [2.75, 3.05) is 13.2 Å². The molecule has 1 saturated heterocycles. The molecule has 11 nitrogen and oxygen atoms in total. The van der Waals surface area contributed by atoms with Gasteiger partial charge in [-0.15, -0.1) is 6.42 Å². The van der Waals surface area contributed by atoms with Gasteiger partial charge in [-0.05, 0) is 22.0 Å². The molecule has 5 atom stereocenters. The van der Waals surface area contributed by atoms with Crippen molar-refractivity contribution < 1.29 is 43.8 Å². The van der Waals surface area contributed by atoms with Crippen LogP contribution in [0.15, 0.2) is 31.9 Å². The largest absolute Gasteiger partial charge is 0.461 e. The number of rotatable bonds is 6. The van der Waals surface area contributed by atoms with E-state index in [4.69, 9.17) is 25.1 Å². The van der Waals surface area contributed by atoms with Crippen molar-refractivity contribution in [2.45, 2.75) is 37.3 Å². The van der Waals surface area contributed by atoms with Crippen LogP contribution >= 0.6 is 15.9 Å². The summed E-state index contributed by atoms with van der Waals surface area (Å²) in [5.41, 5.74) is -0.267. The summed E-state index contributed by atoms with van der Waals surface area (Å²) in [5.74, 6) is 2.31. The highest BCUT2D eigenvalue weighted by Crippen LogP contribution is 2.34. The smallest absolute Gasteiger partial charge is 0.408 e. The number of aliphatic hydroxyl groups excluding tert-OH is 4. The van der Waals surface area contributed by atoms with E-state index in [2.05, 4.69) is 27.2 Å². The van der Waals surface area contributed by atoms with Gasteiger partial charge in [0.2, 0.25) is 6.29 Å². The Morgan fingerprint density at radius 3 is 2.66 bits per heavy atom. The number of ether oxygens (including phenoxy) is 3. The molecular formula is C20H20BrNO10. The third-order valence-corrected chi connectivity index (χ3v) is 5.29. The molecular weight excluding hydrogens is 494 g/mol. The van der Waals surface area contributed by atoms with E-state index in [0.29, 0.717) is 15.4 Å². The maximum Gasteiger partial charge on any atom is 0.408 e. The summed E-state index contributed by atoms with van der Waals surface area (Å²) in [5, 5.41) is 42.0. The quantitative estimate of drug-likeness (QED) is 0.253. The van der Waals surface area contributed by atoms with Gasteiger partial charge in [-0.25, -0.2) is 9.59 Å². The number of terminal acetylenes is 1. The van der Waals surface area contributed by atoms with E-state index in [0.717, 1.165) is 0 Å². The lowest BCUT2D eigenvalue weighted by molar-refractivity contribution is -0.277. The van der Waals surface area contributed by atoms with Gasteiger partial charge >= 0.3 is 11.7 Å². The summed E-state index contributed by atoms with van der Waals surface area (Å²) in [6, 6.07) is 4.04. The molecule has 0 radical (unpaired) electrons. The molecule has 3 rings (SSSR count). The second-order valence-electron chi connectivity index (χ2n) is 6.82. The molecule has 2 aromatic rings. The van der Waals surface area contributed by atoms with Crippen LogP contribution in [-0.4, -0.2) is 70.4 Å². The van der Waals surface area contributed by atoms with Crippen molar-refractivity contribution in [3.05, 3.63) is 38.7 Å². The molecule has 1 aliphatic rings. The molecule has 32 heavy (non-hydrogen) atoms. The first-order valence-electron chi connectivity index (χ1n) is 9.32. The lowest BCUT2D eigenvalue weighted by Gasteiger charge is -2.39. The van der Waals surface area contributed by atoms with E-state index in [1.807, 2.05) is 0 Å². The standard InChI is InChI=1S/C20H20BrNO10/c1-2-3-22-20(28)29-8-9-4-15(24)30-12-6-13(11(21)5-10(9)12)31-19-18(27)17(26)16(25)14(7-23)32-19/h1,4-6,14,16-19,23,25-27H,3,7-8H2,(H,22,28)/t14-,16+,17+,18+,19-/m1/s1. The highest BCUT2D eigenvalue weighted by molar-refractivity contribution is 9.10. The van der Waals surface area contributed by atoms with Crippen LogP contribution in [0.4, 0.5) is 4.79 Å². The lowest BCUT2D eigenvalue weighted by Crippen LogP contribution is -2.60. The minimum Gasteiger partial charge on any atom is -0.461 e. The van der Waals surface area contributed by atoms with Crippen molar-refractivity contribution >= 4 is 33.0 Å². The van der Waals surface area contributed by atoms with Gasteiger partial charge in [0.15, 0.2) is 0 Å². The molecule has 1 amide bonds. The van der Waals surface area contributed by atoms with Crippen LogP contribution < -0.4 is 15.7 Å². The molecule has 0 spiro atoms. The fourth-order valence-corrected chi connectivity index (χ4v) is 3.48. The van der Waals surface area contributed by atoms with Gasteiger partial charge in [0, 0.05) is 23.1 Å². The molecule has 5 N–H and O–H groups in total. The van der Waals surface area contributed by atoms with Crippen LogP contribution in [0.5, 0.6) is 5.75 Å². The summed E-state index contributed by atoms with van der Waals surface area (Å²) in [4.78, 5) is 23.6. The first kappa shape index (κ1) is 24.0. The van der Waals surface area contributed by atoms with Crippen LogP contribution in [0.2, 0.25) is 0 Å². The average molecular weight is 514 g/mol. The molecule has 0 bridgehead atoms. The first-order chi connectivity index (χ1) is 15.2. The van der Waals surface area contributed by atoms with E-state index in [1.54, 1.807) is 0 Å². The highest BCUT2D eigenvalue weighted by atomic mass is 79.9. The molecule has 12 heteroatoms. The summed E-state index contributed by atoms with van der Waals surface area (Å²) in [7, 11) is 0. The molecule has 0 aliphatic carbocycles. The van der Waals surface area contributed by atoms with Crippen LogP contribution in [0.1, 0.15) is 5.56 Å². The zero-order valence-electron chi connectivity index (χ0n) is 16.4. The second-order valence-corrected chi connectivity index (χ2v) is 7.67. The molecule has 0 unspecified atom stereocenters. The maximum absolute atomic E-state index is 12.0. The molecule has 172 valence electrons. The van der Waals surface area contributed by atoms with E-state index in [1.165, 1.54) is 18.2 Å². The summed E-state index contributed by atoms with van der Waals surface area (Å²) in [6.07, 6.45) is -3.06. The Morgan fingerprint density at radius 1 is 1.22 bits per heavy atom. The van der Waals surface area contributed by atoms with Gasteiger partial charge in [-0.3, -0.25) is 0 Å². The SMILES string of the molecule is C#CCNC(=O)OCc1cc(=O)oc2cc(O[C@@H]3O[C@H](CO)[C@H](O)[C@H](O)[C@@H]3O)c(Br)cc12. The maximum atomic E-state index is 12.0. The van der Waals surface area contributed by atoms with E-state index < -0.39 is 49.0 Å². The second kappa shape index (κ2) is 10.3.